The van der Waals surface area contributed by atoms with Gasteiger partial charge in [-0.05, 0) is 224 Å². The molecular formula is C127H98N12O6Pt4-4. The summed E-state index contributed by atoms with van der Waals surface area (Å²) in [6.45, 7) is 10.7. The number of para-hydroxylation sites is 4. The zero-order valence-electron chi connectivity index (χ0n) is 81.5. The number of carbonyl (C=O) groups excluding carboxylic acids is 2. The Morgan fingerprint density at radius 2 is 0.779 bits per heavy atom. The van der Waals surface area contributed by atoms with E-state index in [-0.39, 0.29) is 124 Å². The van der Waals surface area contributed by atoms with Crippen LogP contribution in [0.2, 0.25) is 0 Å². The summed E-state index contributed by atoms with van der Waals surface area (Å²) in [7, 11) is 0. The average Bonchev–Trinajstić information content (AvgIpc) is 1.53. The maximum atomic E-state index is 13.4. The molecule has 22 aromatic rings. The number of carbonyl (C=O) groups is 2. The van der Waals surface area contributed by atoms with Crippen LogP contribution < -0.4 is 19.9 Å². The van der Waals surface area contributed by atoms with Gasteiger partial charge < -0.3 is 40.4 Å². The minimum absolute atomic E-state index is 0. The van der Waals surface area contributed by atoms with Crippen LogP contribution in [0.3, 0.4) is 0 Å². The molecule has 2 atom stereocenters. The Hall–Kier alpha value is -15.8. The molecule has 4 N–H and O–H groups in total. The number of phenols is 3. The molecule has 12 aromatic heterocycles. The van der Waals surface area contributed by atoms with Crippen LogP contribution in [0.15, 0.2) is 443 Å². The maximum absolute atomic E-state index is 13.4. The first-order valence-corrected chi connectivity index (χ1v) is 48.2. The smallest absolute Gasteiger partial charge is 0.189 e. The van der Waals surface area contributed by atoms with Gasteiger partial charge in [-0.1, -0.05) is 342 Å². The normalized spacial score (nSPS) is 11.8. The minimum Gasteiger partial charge on any atom is -0.658 e. The third-order valence-corrected chi connectivity index (χ3v) is 26.2. The largest absolute Gasteiger partial charge is 0.658 e. The third kappa shape index (κ3) is 22.3. The van der Waals surface area contributed by atoms with Crippen molar-refractivity contribution < 1.29 is 114 Å². The first-order chi connectivity index (χ1) is 71.0. The summed E-state index contributed by atoms with van der Waals surface area (Å²) in [6.07, 6.45) is 7.49. The van der Waals surface area contributed by atoms with E-state index in [1.807, 2.05) is 232 Å². The van der Waals surface area contributed by atoms with Gasteiger partial charge in [-0.15, -0.1) is 34.0 Å². The number of benzene rings is 10. The Labute approximate surface area is 922 Å². The predicted molar refractivity (Wildman–Crippen MR) is 572 cm³/mol. The van der Waals surface area contributed by atoms with Gasteiger partial charge in [0.15, 0.2) is 11.6 Å². The summed E-state index contributed by atoms with van der Waals surface area (Å²) in [5.74, 6) is -0.233. The molecule has 0 radical (unpaired) electrons. The van der Waals surface area contributed by atoms with Gasteiger partial charge in [0.1, 0.15) is 28.6 Å². The monoisotopic (exact) mass is 2670 g/mol. The number of aromatic nitrogens is 12. The van der Waals surface area contributed by atoms with E-state index >= 15 is 0 Å². The molecule has 2 unspecified atom stereocenters. The molecule has 1 aliphatic carbocycles. The molecule has 22 heteroatoms. The number of ketones is 2. The van der Waals surface area contributed by atoms with Gasteiger partial charge in [-0.3, -0.25) is 34.5 Å². The van der Waals surface area contributed by atoms with Crippen LogP contribution in [0.25, 0.3) is 135 Å². The van der Waals surface area contributed by atoms with Gasteiger partial charge >= 0.3 is 0 Å². The van der Waals surface area contributed by atoms with Crippen LogP contribution in [0.5, 0.6) is 17.2 Å². The molecule has 149 heavy (non-hydrogen) atoms. The summed E-state index contributed by atoms with van der Waals surface area (Å²) in [5.41, 5.74) is 29.6. The van der Waals surface area contributed by atoms with Crippen LogP contribution in [-0.2, 0) is 108 Å². The van der Waals surface area contributed by atoms with Crippen molar-refractivity contribution in [3.8, 4) is 141 Å². The van der Waals surface area contributed by atoms with Gasteiger partial charge in [-0.25, -0.2) is 15.0 Å². The van der Waals surface area contributed by atoms with E-state index in [1.54, 1.807) is 97.3 Å². The molecule has 23 rings (SSSR count). The zero-order chi connectivity index (χ0) is 99.5. The van der Waals surface area contributed by atoms with Crippen molar-refractivity contribution in [2.75, 3.05) is 0 Å². The average molecular weight is 2670 g/mol. The van der Waals surface area contributed by atoms with E-state index in [1.165, 1.54) is 22.3 Å². The van der Waals surface area contributed by atoms with Gasteiger partial charge in [0.2, 0.25) is 0 Å². The van der Waals surface area contributed by atoms with Crippen LogP contribution in [0.4, 0.5) is 0 Å². The van der Waals surface area contributed by atoms with E-state index in [4.69, 9.17) is 34.9 Å². The third-order valence-electron chi connectivity index (χ3n) is 26.2. The number of aliphatic hydroxyl groups is 1. The van der Waals surface area contributed by atoms with Crippen LogP contribution in [0.1, 0.15) is 135 Å². The second-order valence-corrected chi connectivity index (χ2v) is 36.2. The summed E-state index contributed by atoms with van der Waals surface area (Å²) >= 11 is 0. The summed E-state index contributed by atoms with van der Waals surface area (Å²) < 4.78 is 0. The number of nitrogens with zero attached hydrogens (tertiary/aromatic N) is 12. The fourth-order valence-corrected chi connectivity index (χ4v) is 19.2. The van der Waals surface area contributed by atoms with E-state index < -0.39 is 11.5 Å². The second-order valence-electron chi connectivity index (χ2n) is 36.2. The van der Waals surface area contributed by atoms with Crippen molar-refractivity contribution in [2.45, 2.75) is 70.3 Å². The summed E-state index contributed by atoms with van der Waals surface area (Å²) in [4.78, 5) is 83.3. The van der Waals surface area contributed by atoms with Crippen molar-refractivity contribution in [1.29, 1.82) is 0 Å². The van der Waals surface area contributed by atoms with Crippen molar-refractivity contribution >= 4 is 22.5 Å². The Kier molecular flexibility index (Phi) is 34.0. The number of hydrogen-bond acceptors (Lipinski definition) is 14. The molecule has 0 saturated heterocycles. The summed E-state index contributed by atoms with van der Waals surface area (Å²) in [6, 6.07) is 135. The van der Waals surface area contributed by atoms with E-state index in [9.17, 15) is 30.0 Å². The van der Waals surface area contributed by atoms with Crippen molar-refractivity contribution in [3.63, 3.8) is 0 Å². The summed E-state index contributed by atoms with van der Waals surface area (Å²) in [5, 5.41) is 44.0. The minimum atomic E-state index is -0.765. The number of aliphatic hydroxyl groups excluding tert-OH is 1. The first-order valence-electron chi connectivity index (χ1n) is 48.2. The standard InChI is InChI=1S/C41H30N3O.C34H28N3O.C31H27N3O2.C21H15N3O2.4Pt/c45-40(29-16-5-2-6-17-29)39(28-14-3-1-4-15-28)36-23-13-22-34(43-36)35-25-26-38(44-35)41(37-24-11-12-27-42-37)32-20-9-7-18-30(32)31-19-8-10-21-33(31)41;1-34(2,3)23-20-28(24-14-7-8-18-30(24)38)36-29(21-23)33-31(22-12-5-4-6-13-22)26-16-11-15-25(32(26)37-33)27-17-9-10-19-35-27;1-3-22-23(4-2)30(31(36)25-15-10-11-17-32-25)34-29(22)27-19-21(20-12-6-5-7-13-20)18-26(33-27)24-14-8-9-16-28(24)35;25-20-10-2-1-6-14(20)15-8-5-9-16(23-15)17-11-12-19(24-17)21(26)18-7-3-4-13-22-18;;;;/h1-27,39-40,45H;4-21H,1-3H3,(H-,35,36,37,38);5-19H,3-4H2,1-2H3,(H2,33,34,35,36);1-13H,(H2,23,24,25,26);;;;/q2*-1;;;;;;/p-2. The Balaban J connectivity index is 0.000000143. The van der Waals surface area contributed by atoms with Crippen molar-refractivity contribution in [2.24, 2.45) is 0 Å². The quantitative estimate of drug-likeness (QED) is 0.0459. The molecule has 0 aliphatic heterocycles. The Morgan fingerprint density at radius 3 is 1.34 bits per heavy atom. The van der Waals surface area contributed by atoms with Gasteiger partial charge in [0, 0.05) is 149 Å². The number of phenolic OH excluding ortho intramolecular Hbond substituents is 3. The van der Waals surface area contributed by atoms with Crippen molar-refractivity contribution in [3.05, 3.63) is 522 Å². The Bertz CT molecular complexity index is 8340. The number of pyridine rings is 8. The molecule has 0 saturated carbocycles. The molecule has 18 nitrogen and oxygen atoms in total. The van der Waals surface area contributed by atoms with Crippen LogP contribution in [0, 0.1) is 0 Å². The van der Waals surface area contributed by atoms with Crippen LogP contribution >= 0.6 is 0 Å². The second kappa shape index (κ2) is 47.8. The van der Waals surface area contributed by atoms with Gasteiger partial charge in [0.05, 0.1) is 51.6 Å². The molecule has 12 heterocycles. The number of aromatic hydroxyl groups is 3. The van der Waals surface area contributed by atoms with Gasteiger partial charge in [0.25, 0.3) is 0 Å². The molecule has 0 bridgehead atoms. The molecular weight excluding hydrogens is 2570 g/mol. The number of fused-ring (bicyclic) bond motifs is 4. The number of hydrogen-bond donors (Lipinski definition) is 4. The van der Waals surface area contributed by atoms with E-state index in [0.29, 0.717) is 86.5 Å². The molecule has 0 amide bonds. The molecule has 10 aromatic carbocycles. The fraction of sp³-hybridized carbons (Fsp3) is 0.0866. The molecule has 746 valence electrons. The van der Waals surface area contributed by atoms with E-state index in [2.05, 4.69) is 174 Å². The maximum Gasteiger partial charge on any atom is 0.189 e. The van der Waals surface area contributed by atoms with Crippen LogP contribution in [-0.4, -0.2) is 71.9 Å². The SMILES string of the molecule is CC(C)(C)c1cc(-c2ccccc2O)nc(-c2[n-]c3c(-c4ccccn4)cccc3c2-c2ccccc2)c1.CCc1c(C(=O)c2ccccn2)[n-]c(-c2cc(-c3ccccc3)cc(-c3ccccc3O)n2)c1CC.O=C(c1ccccn1)c1ccc(-c2cccc(-c3ccccc3O)n2)[n-]1.OC(c1ccccc1)C(c1ccccc1)c1cccc(-c2ccc(C3(c4ccccn4)c4ccccc4-c4ccccc43)[n-]2)n1.[Pt].[Pt].[Pt].[Pt]. The molecule has 0 spiro atoms. The first kappa shape index (κ1) is 106. The van der Waals surface area contributed by atoms with E-state index in [0.717, 1.165) is 118 Å². The van der Waals surface area contributed by atoms with Crippen molar-refractivity contribution in [1.82, 2.24) is 59.8 Å². The fourth-order valence-electron chi connectivity index (χ4n) is 19.2. The molecule has 1 aliphatic rings. The number of rotatable bonds is 22. The van der Waals surface area contributed by atoms with Gasteiger partial charge in [-0.2, -0.15) is 0 Å². The Morgan fingerprint density at radius 1 is 0.336 bits per heavy atom. The predicted octanol–water partition coefficient (Wildman–Crippen LogP) is 26.8. The topological polar surface area (TPSA) is 275 Å². The molecule has 0 fully saturated rings. The zero-order valence-corrected chi connectivity index (χ0v) is 90.5.